The highest BCUT2D eigenvalue weighted by Crippen LogP contribution is 2.37. The molecule has 0 radical (unpaired) electrons. The second-order valence-electron chi connectivity index (χ2n) is 9.77. The standard InChI is InChI=1S/C26H30N4O2Si/c1-26(2,3)33(4,5)32-17-18-11-13-19(14-12-18)23-24(20-9-7-6-8-10-20)30-22(28-23)16-15-21(29-30)25(27)31/h6-16H,17H2,1-5H3,(H2,27,31). The molecule has 0 atom stereocenters. The lowest BCUT2D eigenvalue weighted by atomic mass is 10.0. The molecular formula is C26H30N4O2Si. The number of carbonyl (C=O) groups excluding carboxylic acids is 1. The van der Waals surface area contributed by atoms with E-state index in [9.17, 15) is 4.79 Å². The number of fused-ring (bicyclic) bond motifs is 1. The molecule has 4 rings (SSSR count). The van der Waals surface area contributed by atoms with E-state index >= 15 is 0 Å². The molecule has 2 N–H and O–H groups in total. The Labute approximate surface area is 195 Å². The zero-order valence-electron chi connectivity index (χ0n) is 19.8. The topological polar surface area (TPSA) is 82.5 Å². The zero-order valence-corrected chi connectivity index (χ0v) is 20.8. The smallest absolute Gasteiger partial charge is 0.269 e. The van der Waals surface area contributed by atoms with Crippen LogP contribution in [0.4, 0.5) is 0 Å². The fourth-order valence-corrected chi connectivity index (χ4v) is 4.32. The predicted octanol–water partition coefficient (Wildman–Crippen LogP) is 5.68. The molecule has 0 bridgehead atoms. The third-order valence-corrected chi connectivity index (χ3v) is 10.9. The Bertz CT molecular complexity index is 1290. The van der Waals surface area contributed by atoms with Crippen LogP contribution in [0.1, 0.15) is 36.8 Å². The van der Waals surface area contributed by atoms with Crippen LogP contribution >= 0.6 is 0 Å². The van der Waals surface area contributed by atoms with Crippen LogP contribution in [0.2, 0.25) is 18.1 Å². The monoisotopic (exact) mass is 458 g/mol. The molecule has 4 aromatic rings. The van der Waals surface area contributed by atoms with Gasteiger partial charge in [-0.25, -0.2) is 9.50 Å². The van der Waals surface area contributed by atoms with Gasteiger partial charge in [-0.05, 0) is 35.8 Å². The molecule has 2 heterocycles. The average Bonchev–Trinajstić information content (AvgIpc) is 3.16. The van der Waals surface area contributed by atoms with Crippen molar-refractivity contribution in [2.75, 3.05) is 0 Å². The molecule has 2 aromatic carbocycles. The van der Waals surface area contributed by atoms with Gasteiger partial charge in [0, 0.05) is 11.1 Å². The van der Waals surface area contributed by atoms with Crippen LogP contribution in [0.3, 0.4) is 0 Å². The van der Waals surface area contributed by atoms with Crippen molar-refractivity contribution in [2.45, 2.75) is 45.5 Å². The molecule has 0 saturated carbocycles. The molecule has 0 fully saturated rings. The van der Waals surface area contributed by atoms with Crippen LogP contribution in [-0.2, 0) is 11.0 Å². The van der Waals surface area contributed by atoms with Crippen molar-refractivity contribution in [1.29, 1.82) is 0 Å². The molecule has 0 spiro atoms. The SMILES string of the molecule is CC(C)(C)[Si](C)(C)OCc1ccc(-c2nc3ccc(C(N)=O)nn3c2-c2ccccc2)cc1. The summed E-state index contributed by atoms with van der Waals surface area (Å²) < 4.78 is 8.06. The van der Waals surface area contributed by atoms with Crippen molar-refractivity contribution >= 4 is 19.9 Å². The Hall–Kier alpha value is -3.29. The number of amides is 1. The molecule has 170 valence electrons. The van der Waals surface area contributed by atoms with E-state index in [2.05, 4.69) is 63.2 Å². The van der Waals surface area contributed by atoms with E-state index in [1.54, 1.807) is 16.6 Å². The van der Waals surface area contributed by atoms with Crippen molar-refractivity contribution in [3.05, 3.63) is 78.0 Å². The second-order valence-corrected chi connectivity index (χ2v) is 14.6. The Morgan fingerprint density at radius 1 is 0.970 bits per heavy atom. The number of nitrogens with zero attached hydrogens (tertiary/aromatic N) is 3. The minimum absolute atomic E-state index is 0.171. The highest BCUT2D eigenvalue weighted by Gasteiger charge is 2.37. The first-order valence-corrected chi connectivity index (χ1v) is 14.0. The highest BCUT2D eigenvalue weighted by atomic mass is 28.4. The Morgan fingerprint density at radius 2 is 1.64 bits per heavy atom. The summed E-state index contributed by atoms with van der Waals surface area (Å²) in [5.41, 5.74) is 11.0. The summed E-state index contributed by atoms with van der Waals surface area (Å²) in [5.74, 6) is -0.572. The fraction of sp³-hybridized carbons (Fsp3) is 0.269. The number of nitrogens with two attached hydrogens (primary N) is 1. The number of hydrogen-bond donors (Lipinski definition) is 1. The van der Waals surface area contributed by atoms with Crippen molar-refractivity contribution in [1.82, 2.24) is 14.6 Å². The maximum Gasteiger partial charge on any atom is 0.269 e. The van der Waals surface area contributed by atoms with Gasteiger partial charge >= 0.3 is 0 Å². The van der Waals surface area contributed by atoms with Crippen LogP contribution in [0.25, 0.3) is 28.2 Å². The van der Waals surface area contributed by atoms with Gasteiger partial charge in [0.2, 0.25) is 0 Å². The van der Waals surface area contributed by atoms with E-state index in [0.29, 0.717) is 12.3 Å². The number of primary amides is 1. The van der Waals surface area contributed by atoms with Gasteiger partial charge in [0.25, 0.3) is 5.91 Å². The summed E-state index contributed by atoms with van der Waals surface area (Å²) in [7, 11) is -1.82. The first-order valence-electron chi connectivity index (χ1n) is 11.0. The van der Waals surface area contributed by atoms with E-state index < -0.39 is 14.2 Å². The van der Waals surface area contributed by atoms with Gasteiger partial charge in [0.05, 0.1) is 12.3 Å². The normalized spacial score (nSPS) is 12.3. The number of rotatable bonds is 6. The van der Waals surface area contributed by atoms with Gasteiger partial charge in [-0.15, -0.1) is 0 Å². The molecule has 0 aliphatic rings. The molecule has 0 aliphatic carbocycles. The lowest BCUT2D eigenvalue weighted by Crippen LogP contribution is -2.40. The quantitative estimate of drug-likeness (QED) is 0.377. The molecule has 6 nitrogen and oxygen atoms in total. The minimum atomic E-state index is -1.82. The Morgan fingerprint density at radius 3 is 2.24 bits per heavy atom. The molecule has 2 aromatic heterocycles. The third-order valence-electron chi connectivity index (χ3n) is 6.41. The number of hydrogen-bond acceptors (Lipinski definition) is 4. The molecule has 0 saturated heterocycles. The number of carbonyl (C=O) groups is 1. The molecule has 7 heteroatoms. The first-order chi connectivity index (χ1) is 15.6. The van der Waals surface area contributed by atoms with Crippen molar-refractivity contribution < 1.29 is 9.22 Å². The second kappa shape index (κ2) is 8.57. The zero-order chi connectivity index (χ0) is 23.8. The summed E-state index contributed by atoms with van der Waals surface area (Å²) >= 11 is 0. The van der Waals surface area contributed by atoms with Gasteiger partial charge in [-0.2, -0.15) is 5.10 Å². The van der Waals surface area contributed by atoms with Gasteiger partial charge < -0.3 is 10.2 Å². The van der Waals surface area contributed by atoms with Gasteiger partial charge in [-0.3, -0.25) is 4.79 Å². The van der Waals surface area contributed by atoms with Gasteiger partial charge in [0.1, 0.15) is 11.4 Å². The van der Waals surface area contributed by atoms with E-state index in [4.69, 9.17) is 15.1 Å². The average molecular weight is 459 g/mol. The van der Waals surface area contributed by atoms with Crippen LogP contribution in [0.5, 0.6) is 0 Å². The third kappa shape index (κ3) is 4.60. The Balaban J connectivity index is 1.73. The highest BCUT2D eigenvalue weighted by molar-refractivity contribution is 6.74. The van der Waals surface area contributed by atoms with E-state index in [0.717, 1.165) is 28.1 Å². The van der Waals surface area contributed by atoms with Crippen LogP contribution in [-0.4, -0.2) is 28.8 Å². The van der Waals surface area contributed by atoms with Crippen molar-refractivity contribution in [3.8, 4) is 22.5 Å². The summed E-state index contributed by atoms with van der Waals surface area (Å²) in [5, 5.41) is 4.63. The van der Waals surface area contributed by atoms with Crippen LogP contribution in [0.15, 0.2) is 66.7 Å². The predicted molar refractivity (Wildman–Crippen MR) is 134 cm³/mol. The van der Waals surface area contributed by atoms with Gasteiger partial charge in [0.15, 0.2) is 14.0 Å². The maximum atomic E-state index is 11.7. The minimum Gasteiger partial charge on any atom is -0.413 e. The lowest BCUT2D eigenvalue weighted by Gasteiger charge is -2.36. The largest absolute Gasteiger partial charge is 0.413 e. The first kappa shape index (κ1) is 22.9. The van der Waals surface area contributed by atoms with Crippen molar-refractivity contribution in [2.24, 2.45) is 5.73 Å². The molecular weight excluding hydrogens is 428 g/mol. The van der Waals surface area contributed by atoms with E-state index in [1.165, 1.54) is 0 Å². The Kier molecular flexibility index (Phi) is 5.94. The van der Waals surface area contributed by atoms with Crippen LogP contribution in [0, 0.1) is 0 Å². The molecule has 0 aliphatic heterocycles. The lowest BCUT2D eigenvalue weighted by molar-refractivity contribution is 0.0994. The fourth-order valence-electron chi connectivity index (χ4n) is 3.36. The van der Waals surface area contributed by atoms with Gasteiger partial charge in [-0.1, -0.05) is 75.4 Å². The number of aromatic nitrogens is 3. The van der Waals surface area contributed by atoms with E-state index in [-0.39, 0.29) is 10.7 Å². The van der Waals surface area contributed by atoms with E-state index in [1.807, 2.05) is 30.3 Å². The molecule has 33 heavy (non-hydrogen) atoms. The van der Waals surface area contributed by atoms with Crippen LogP contribution < -0.4 is 5.73 Å². The summed E-state index contributed by atoms with van der Waals surface area (Å²) in [4.78, 5) is 16.5. The van der Waals surface area contributed by atoms with Crippen molar-refractivity contribution in [3.63, 3.8) is 0 Å². The molecule has 1 amide bonds. The summed E-state index contributed by atoms with van der Waals surface area (Å²) in [6.45, 7) is 11.9. The molecule has 0 unspecified atom stereocenters. The maximum absolute atomic E-state index is 11.7. The number of benzene rings is 2. The summed E-state index contributed by atoms with van der Waals surface area (Å²) in [6.07, 6.45) is 0. The number of imidazole rings is 1. The summed E-state index contributed by atoms with van der Waals surface area (Å²) in [6, 6.07) is 21.6.